The second kappa shape index (κ2) is 6.23. The number of unbranched alkanes of at least 4 members (excludes halogenated alkanes) is 1. The minimum absolute atomic E-state index is 0.208. The van der Waals surface area contributed by atoms with Crippen molar-refractivity contribution in [1.82, 2.24) is 5.32 Å². The van der Waals surface area contributed by atoms with Gasteiger partial charge >= 0.3 is 0 Å². The molecular formula is C9H20N2. The van der Waals surface area contributed by atoms with E-state index in [1.165, 1.54) is 12.8 Å². The summed E-state index contributed by atoms with van der Waals surface area (Å²) in [6, 6.07) is 0.604. The first kappa shape index (κ1) is 10.5. The molecule has 0 aliphatic rings. The SMILES string of the molecule is C=CNC(CCCC)C(C)N. The van der Waals surface area contributed by atoms with Gasteiger partial charge in [-0.15, -0.1) is 0 Å². The standard InChI is InChI=1S/C9H20N2/c1-4-6-7-9(8(3)10)11-5-2/h5,8-9,11H,2,4,6-7,10H2,1,3H3. The molecule has 2 nitrogen and oxygen atoms in total. The summed E-state index contributed by atoms with van der Waals surface area (Å²) in [5, 5.41) is 3.16. The average molecular weight is 156 g/mol. The first-order valence-corrected chi connectivity index (χ1v) is 4.34. The monoisotopic (exact) mass is 156 g/mol. The fourth-order valence-electron chi connectivity index (χ4n) is 1.07. The summed E-state index contributed by atoms with van der Waals surface area (Å²) < 4.78 is 0. The van der Waals surface area contributed by atoms with Gasteiger partial charge in [0.1, 0.15) is 0 Å². The molecule has 66 valence electrons. The molecule has 2 heteroatoms. The summed E-state index contributed by atoms with van der Waals surface area (Å²) in [5.41, 5.74) is 5.75. The molecule has 0 rings (SSSR count). The van der Waals surface area contributed by atoms with Gasteiger partial charge in [-0.3, -0.25) is 0 Å². The number of hydrogen-bond acceptors (Lipinski definition) is 2. The van der Waals surface area contributed by atoms with Gasteiger partial charge in [-0.1, -0.05) is 26.3 Å². The Morgan fingerprint density at radius 2 is 2.27 bits per heavy atom. The van der Waals surface area contributed by atoms with E-state index in [-0.39, 0.29) is 6.04 Å². The van der Waals surface area contributed by atoms with E-state index >= 15 is 0 Å². The van der Waals surface area contributed by atoms with Crippen LogP contribution in [-0.4, -0.2) is 12.1 Å². The summed E-state index contributed by atoms with van der Waals surface area (Å²) in [6.45, 7) is 7.84. The highest BCUT2D eigenvalue weighted by molar-refractivity contribution is 4.80. The van der Waals surface area contributed by atoms with E-state index in [0.29, 0.717) is 6.04 Å². The van der Waals surface area contributed by atoms with Crippen LogP contribution in [0.15, 0.2) is 12.8 Å². The molecule has 0 saturated carbocycles. The maximum atomic E-state index is 5.75. The minimum Gasteiger partial charge on any atom is -0.387 e. The van der Waals surface area contributed by atoms with Gasteiger partial charge in [0.25, 0.3) is 0 Å². The lowest BCUT2D eigenvalue weighted by molar-refractivity contribution is 0.453. The van der Waals surface area contributed by atoms with Crippen LogP contribution in [0.25, 0.3) is 0 Å². The predicted molar refractivity (Wildman–Crippen MR) is 50.3 cm³/mol. The van der Waals surface area contributed by atoms with Crippen LogP contribution in [-0.2, 0) is 0 Å². The van der Waals surface area contributed by atoms with E-state index in [0.717, 1.165) is 6.42 Å². The van der Waals surface area contributed by atoms with E-state index in [2.05, 4.69) is 18.8 Å². The zero-order valence-corrected chi connectivity index (χ0v) is 7.64. The molecule has 2 unspecified atom stereocenters. The lowest BCUT2D eigenvalue weighted by Gasteiger charge is -2.20. The third kappa shape index (κ3) is 4.85. The van der Waals surface area contributed by atoms with Crippen molar-refractivity contribution in [2.24, 2.45) is 5.73 Å². The zero-order valence-electron chi connectivity index (χ0n) is 7.64. The van der Waals surface area contributed by atoms with Gasteiger partial charge in [-0.25, -0.2) is 0 Å². The average Bonchev–Trinajstić information content (AvgIpc) is 1.97. The maximum absolute atomic E-state index is 5.75. The van der Waals surface area contributed by atoms with Crippen LogP contribution < -0.4 is 11.1 Å². The molecule has 0 aromatic carbocycles. The van der Waals surface area contributed by atoms with Crippen LogP contribution in [0.2, 0.25) is 0 Å². The van der Waals surface area contributed by atoms with Crippen LogP contribution in [0.5, 0.6) is 0 Å². The second-order valence-corrected chi connectivity index (χ2v) is 2.98. The Kier molecular flexibility index (Phi) is 5.94. The zero-order chi connectivity index (χ0) is 8.69. The fourth-order valence-corrected chi connectivity index (χ4v) is 1.07. The molecule has 0 bridgehead atoms. The highest BCUT2D eigenvalue weighted by Gasteiger charge is 2.09. The molecule has 0 amide bonds. The lowest BCUT2D eigenvalue weighted by atomic mass is 10.0. The van der Waals surface area contributed by atoms with E-state index < -0.39 is 0 Å². The third-order valence-electron chi connectivity index (χ3n) is 1.84. The summed E-state index contributed by atoms with van der Waals surface area (Å²) in [7, 11) is 0. The van der Waals surface area contributed by atoms with Crippen molar-refractivity contribution in [3.8, 4) is 0 Å². The quantitative estimate of drug-likeness (QED) is 0.613. The van der Waals surface area contributed by atoms with Gasteiger partial charge in [0.2, 0.25) is 0 Å². The fraction of sp³-hybridized carbons (Fsp3) is 0.778. The molecule has 0 saturated heterocycles. The minimum atomic E-state index is 0.208. The summed E-state index contributed by atoms with van der Waals surface area (Å²) >= 11 is 0. The van der Waals surface area contributed by atoms with Gasteiger partial charge in [0, 0.05) is 12.1 Å². The lowest BCUT2D eigenvalue weighted by Crippen LogP contribution is -2.40. The molecule has 11 heavy (non-hydrogen) atoms. The Balaban J connectivity index is 3.59. The number of nitrogens with one attached hydrogen (secondary N) is 1. The summed E-state index contributed by atoms with van der Waals surface area (Å²) in [5.74, 6) is 0. The van der Waals surface area contributed by atoms with Crippen molar-refractivity contribution in [3.63, 3.8) is 0 Å². The smallest absolute Gasteiger partial charge is 0.0404 e. The van der Waals surface area contributed by atoms with Gasteiger partial charge in [-0.2, -0.15) is 0 Å². The molecule has 0 aliphatic carbocycles. The Morgan fingerprint density at radius 3 is 2.64 bits per heavy atom. The summed E-state index contributed by atoms with van der Waals surface area (Å²) in [6.07, 6.45) is 5.32. The van der Waals surface area contributed by atoms with E-state index in [9.17, 15) is 0 Å². The molecule has 0 aliphatic heterocycles. The molecule has 0 aromatic heterocycles. The molecule has 0 aromatic rings. The van der Waals surface area contributed by atoms with Crippen molar-refractivity contribution < 1.29 is 0 Å². The van der Waals surface area contributed by atoms with Gasteiger partial charge in [-0.05, 0) is 19.5 Å². The van der Waals surface area contributed by atoms with Crippen molar-refractivity contribution in [1.29, 1.82) is 0 Å². The first-order valence-electron chi connectivity index (χ1n) is 4.34. The molecule has 0 heterocycles. The Hall–Kier alpha value is -0.500. The van der Waals surface area contributed by atoms with Crippen molar-refractivity contribution in [2.75, 3.05) is 0 Å². The second-order valence-electron chi connectivity index (χ2n) is 2.98. The predicted octanol–water partition coefficient (Wildman–Crippen LogP) is 1.63. The normalized spacial score (nSPS) is 15.5. The molecule has 0 spiro atoms. The third-order valence-corrected chi connectivity index (χ3v) is 1.84. The molecular weight excluding hydrogens is 136 g/mol. The van der Waals surface area contributed by atoms with Crippen molar-refractivity contribution >= 4 is 0 Å². The molecule has 3 N–H and O–H groups in total. The number of rotatable bonds is 6. The Labute approximate surface area is 69.9 Å². The van der Waals surface area contributed by atoms with E-state index in [1.807, 2.05) is 6.92 Å². The summed E-state index contributed by atoms with van der Waals surface area (Å²) in [4.78, 5) is 0. The van der Waals surface area contributed by atoms with Gasteiger partial charge < -0.3 is 11.1 Å². The Morgan fingerprint density at radius 1 is 1.64 bits per heavy atom. The van der Waals surface area contributed by atoms with Crippen LogP contribution >= 0.6 is 0 Å². The largest absolute Gasteiger partial charge is 0.387 e. The van der Waals surface area contributed by atoms with Gasteiger partial charge in [0.15, 0.2) is 0 Å². The highest BCUT2D eigenvalue weighted by Crippen LogP contribution is 2.02. The van der Waals surface area contributed by atoms with E-state index in [4.69, 9.17) is 5.73 Å². The highest BCUT2D eigenvalue weighted by atomic mass is 14.9. The Bertz CT molecular complexity index is 99.7. The number of hydrogen-bond donors (Lipinski definition) is 2. The number of nitrogens with two attached hydrogens (primary N) is 1. The van der Waals surface area contributed by atoms with Gasteiger partial charge in [0.05, 0.1) is 0 Å². The van der Waals surface area contributed by atoms with Crippen LogP contribution in [0.1, 0.15) is 33.1 Å². The first-order chi connectivity index (χ1) is 5.22. The topological polar surface area (TPSA) is 38.0 Å². The van der Waals surface area contributed by atoms with E-state index in [1.54, 1.807) is 6.20 Å². The maximum Gasteiger partial charge on any atom is 0.0404 e. The van der Waals surface area contributed by atoms with Crippen molar-refractivity contribution in [3.05, 3.63) is 12.8 Å². The molecule has 2 atom stereocenters. The van der Waals surface area contributed by atoms with Crippen LogP contribution in [0.3, 0.4) is 0 Å². The molecule has 0 fully saturated rings. The van der Waals surface area contributed by atoms with Crippen molar-refractivity contribution in [2.45, 2.75) is 45.2 Å². The molecule has 0 radical (unpaired) electrons. The van der Waals surface area contributed by atoms with Crippen LogP contribution in [0, 0.1) is 0 Å². The van der Waals surface area contributed by atoms with Crippen LogP contribution in [0.4, 0.5) is 0 Å².